The lowest BCUT2D eigenvalue weighted by Crippen LogP contribution is -2.33. The number of amides is 1. The summed E-state index contributed by atoms with van der Waals surface area (Å²) >= 11 is 3.36. The smallest absolute Gasteiger partial charge is 0.308 e. The standard InChI is InChI=1S/C15H16BrN3O3/c1-10(15(21)22)8-18(2)14(20)11-7-17-19(9-11)13-5-3-12(16)4-6-13/h3-7,9-10H,8H2,1-2H3,(H,21,22). The molecule has 0 aliphatic heterocycles. The van der Waals surface area contributed by atoms with E-state index in [1.165, 1.54) is 11.1 Å². The van der Waals surface area contributed by atoms with Gasteiger partial charge in [0.25, 0.3) is 5.91 Å². The fourth-order valence-corrected chi connectivity index (χ4v) is 2.22. The highest BCUT2D eigenvalue weighted by Crippen LogP contribution is 2.14. The van der Waals surface area contributed by atoms with Crippen LogP contribution < -0.4 is 0 Å². The number of nitrogens with zero attached hydrogens (tertiary/aromatic N) is 3. The molecule has 0 aliphatic rings. The van der Waals surface area contributed by atoms with Gasteiger partial charge in [-0.15, -0.1) is 0 Å². The maximum absolute atomic E-state index is 12.3. The predicted octanol–water partition coefficient (Wildman–Crippen LogP) is 2.43. The molecular formula is C15H16BrN3O3. The van der Waals surface area contributed by atoms with Crippen LogP contribution in [0.1, 0.15) is 17.3 Å². The van der Waals surface area contributed by atoms with E-state index in [0.29, 0.717) is 5.56 Å². The van der Waals surface area contributed by atoms with Crippen LogP contribution >= 0.6 is 15.9 Å². The van der Waals surface area contributed by atoms with Gasteiger partial charge in [-0.25, -0.2) is 4.68 Å². The molecule has 0 fully saturated rings. The first-order valence-electron chi connectivity index (χ1n) is 6.67. The molecule has 6 nitrogen and oxygen atoms in total. The Balaban J connectivity index is 2.12. The van der Waals surface area contributed by atoms with E-state index in [0.717, 1.165) is 10.2 Å². The maximum atomic E-state index is 12.3. The molecular weight excluding hydrogens is 350 g/mol. The zero-order chi connectivity index (χ0) is 16.3. The normalized spacial score (nSPS) is 12.0. The van der Waals surface area contributed by atoms with Crippen molar-refractivity contribution in [1.29, 1.82) is 0 Å². The van der Waals surface area contributed by atoms with Gasteiger partial charge in [0.05, 0.1) is 23.4 Å². The molecule has 1 heterocycles. The van der Waals surface area contributed by atoms with Gasteiger partial charge in [-0.3, -0.25) is 9.59 Å². The van der Waals surface area contributed by atoms with Crippen LogP contribution in [0.15, 0.2) is 41.1 Å². The summed E-state index contributed by atoms with van der Waals surface area (Å²) in [5.41, 5.74) is 1.26. The Kier molecular flexibility index (Phi) is 4.97. The monoisotopic (exact) mass is 365 g/mol. The fraction of sp³-hybridized carbons (Fsp3) is 0.267. The van der Waals surface area contributed by atoms with E-state index in [1.807, 2.05) is 24.3 Å². The van der Waals surface area contributed by atoms with Crippen molar-refractivity contribution in [3.05, 3.63) is 46.7 Å². The van der Waals surface area contributed by atoms with Crippen LogP contribution in [0.5, 0.6) is 0 Å². The number of aromatic nitrogens is 2. The highest BCUT2D eigenvalue weighted by molar-refractivity contribution is 9.10. The largest absolute Gasteiger partial charge is 0.481 e. The molecule has 0 aliphatic carbocycles. The first-order valence-corrected chi connectivity index (χ1v) is 7.46. The minimum Gasteiger partial charge on any atom is -0.481 e. The van der Waals surface area contributed by atoms with Crippen molar-refractivity contribution in [1.82, 2.24) is 14.7 Å². The van der Waals surface area contributed by atoms with Gasteiger partial charge in [-0.2, -0.15) is 5.10 Å². The molecule has 22 heavy (non-hydrogen) atoms. The van der Waals surface area contributed by atoms with Gasteiger partial charge < -0.3 is 10.0 Å². The van der Waals surface area contributed by atoms with Gasteiger partial charge in [-0.05, 0) is 24.3 Å². The van der Waals surface area contributed by atoms with E-state index in [9.17, 15) is 9.59 Å². The second-order valence-electron chi connectivity index (χ2n) is 5.07. The second kappa shape index (κ2) is 6.74. The zero-order valence-electron chi connectivity index (χ0n) is 12.2. The quantitative estimate of drug-likeness (QED) is 0.882. The van der Waals surface area contributed by atoms with Gasteiger partial charge in [0.2, 0.25) is 0 Å². The lowest BCUT2D eigenvalue weighted by Gasteiger charge is -2.18. The lowest BCUT2D eigenvalue weighted by molar-refractivity contribution is -0.141. The molecule has 1 aromatic heterocycles. The predicted molar refractivity (Wildman–Crippen MR) is 85.0 cm³/mol. The van der Waals surface area contributed by atoms with Gasteiger partial charge in [0.15, 0.2) is 0 Å². The molecule has 0 saturated carbocycles. The molecule has 1 unspecified atom stereocenters. The molecule has 1 atom stereocenters. The second-order valence-corrected chi connectivity index (χ2v) is 5.99. The first kappa shape index (κ1) is 16.2. The van der Waals surface area contributed by atoms with Gasteiger partial charge in [-0.1, -0.05) is 22.9 Å². The summed E-state index contributed by atoms with van der Waals surface area (Å²) in [7, 11) is 1.58. The molecule has 7 heteroatoms. The van der Waals surface area contributed by atoms with E-state index in [2.05, 4.69) is 21.0 Å². The number of carboxylic acid groups (broad SMARTS) is 1. The van der Waals surface area contributed by atoms with Gasteiger partial charge in [0.1, 0.15) is 0 Å². The molecule has 0 spiro atoms. The number of hydrogen-bond acceptors (Lipinski definition) is 3. The van der Waals surface area contributed by atoms with E-state index in [-0.39, 0.29) is 12.5 Å². The van der Waals surface area contributed by atoms with Crippen molar-refractivity contribution in [2.24, 2.45) is 5.92 Å². The Bertz CT molecular complexity index is 682. The number of carbonyl (C=O) groups excluding carboxylic acids is 1. The molecule has 0 bridgehead atoms. The lowest BCUT2D eigenvalue weighted by atomic mass is 10.1. The van der Waals surface area contributed by atoms with Crippen LogP contribution in [0, 0.1) is 5.92 Å². The van der Waals surface area contributed by atoms with E-state index in [1.54, 1.807) is 24.9 Å². The Labute approximate surface area is 136 Å². The van der Waals surface area contributed by atoms with E-state index in [4.69, 9.17) is 5.11 Å². The Morgan fingerprint density at radius 3 is 2.59 bits per heavy atom. The minimum absolute atomic E-state index is 0.150. The fourth-order valence-electron chi connectivity index (χ4n) is 1.96. The van der Waals surface area contributed by atoms with Crippen LogP contribution in [0.4, 0.5) is 0 Å². The Morgan fingerprint density at radius 1 is 1.36 bits per heavy atom. The third kappa shape index (κ3) is 3.73. The van der Waals surface area contributed by atoms with Crippen molar-refractivity contribution >= 4 is 27.8 Å². The summed E-state index contributed by atoms with van der Waals surface area (Å²) in [5.74, 6) is -1.79. The van der Waals surface area contributed by atoms with Gasteiger partial charge >= 0.3 is 5.97 Å². The molecule has 2 rings (SSSR count). The molecule has 1 N–H and O–H groups in total. The van der Waals surface area contributed by atoms with Crippen LogP contribution in [0.3, 0.4) is 0 Å². The molecule has 116 valence electrons. The molecule has 2 aromatic rings. The number of hydrogen-bond donors (Lipinski definition) is 1. The van der Waals surface area contributed by atoms with Crippen molar-refractivity contribution in [2.75, 3.05) is 13.6 Å². The number of halogens is 1. The average molecular weight is 366 g/mol. The summed E-state index contributed by atoms with van der Waals surface area (Å²) in [6, 6.07) is 7.53. The van der Waals surface area contributed by atoms with Crippen LogP contribution in [-0.2, 0) is 4.79 Å². The van der Waals surface area contributed by atoms with E-state index < -0.39 is 11.9 Å². The number of carboxylic acids is 1. The number of aliphatic carboxylic acids is 1. The topological polar surface area (TPSA) is 75.4 Å². The first-order chi connectivity index (χ1) is 10.4. The van der Waals surface area contributed by atoms with Crippen molar-refractivity contribution < 1.29 is 14.7 Å². The summed E-state index contributed by atoms with van der Waals surface area (Å²) in [6.45, 7) is 1.72. The summed E-state index contributed by atoms with van der Waals surface area (Å²) in [5, 5.41) is 13.1. The number of rotatable bonds is 5. The minimum atomic E-state index is -0.926. The Morgan fingerprint density at radius 2 is 2.00 bits per heavy atom. The molecule has 0 saturated heterocycles. The molecule has 1 amide bonds. The average Bonchev–Trinajstić information content (AvgIpc) is 2.96. The third-order valence-corrected chi connectivity index (χ3v) is 3.77. The number of benzene rings is 1. The zero-order valence-corrected chi connectivity index (χ0v) is 13.8. The van der Waals surface area contributed by atoms with Crippen LogP contribution in [0.2, 0.25) is 0 Å². The highest BCUT2D eigenvalue weighted by Gasteiger charge is 2.19. The van der Waals surface area contributed by atoms with Crippen molar-refractivity contribution in [3.63, 3.8) is 0 Å². The van der Waals surface area contributed by atoms with Crippen LogP contribution in [0.25, 0.3) is 5.69 Å². The SMILES string of the molecule is CC(CN(C)C(=O)c1cnn(-c2ccc(Br)cc2)c1)C(=O)O. The van der Waals surface area contributed by atoms with E-state index >= 15 is 0 Å². The third-order valence-electron chi connectivity index (χ3n) is 3.24. The maximum Gasteiger partial charge on any atom is 0.308 e. The molecule has 1 aromatic carbocycles. The summed E-state index contributed by atoms with van der Waals surface area (Å²) in [6.07, 6.45) is 3.11. The highest BCUT2D eigenvalue weighted by atomic mass is 79.9. The molecule has 0 radical (unpaired) electrons. The Hall–Kier alpha value is -2.15. The summed E-state index contributed by atoms with van der Waals surface area (Å²) < 4.78 is 2.57. The van der Waals surface area contributed by atoms with Crippen LogP contribution in [-0.4, -0.2) is 45.3 Å². The number of carbonyl (C=O) groups is 2. The van der Waals surface area contributed by atoms with Gasteiger partial charge in [0, 0.05) is 24.3 Å². The van der Waals surface area contributed by atoms with Crippen molar-refractivity contribution in [3.8, 4) is 5.69 Å². The summed E-state index contributed by atoms with van der Waals surface area (Å²) in [4.78, 5) is 24.5. The van der Waals surface area contributed by atoms with Crippen molar-refractivity contribution in [2.45, 2.75) is 6.92 Å².